The van der Waals surface area contributed by atoms with Crippen LogP contribution in [-0.4, -0.2) is 41.4 Å². The maximum atomic E-state index is 14.6. The number of nitriles is 1. The van der Waals surface area contributed by atoms with Crippen molar-refractivity contribution in [3.63, 3.8) is 0 Å². The molecule has 0 saturated heterocycles. The Balaban J connectivity index is 0.000000561. The Labute approximate surface area is 243 Å². The highest BCUT2D eigenvalue weighted by Crippen LogP contribution is 2.33. The second-order valence-corrected chi connectivity index (χ2v) is 9.41. The first-order valence-corrected chi connectivity index (χ1v) is 13.1. The second-order valence-electron chi connectivity index (χ2n) is 9.41. The lowest BCUT2D eigenvalue weighted by Gasteiger charge is -2.20. The lowest BCUT2D eigenvalue weighted by Crippen LogP contribution is -2.36. The second kappa shape index (κ2) is 17.2. The first kappa shape index (κ1) is 35.3. The summed E-state index contributed by atoms with van der Waals surface area (Å²) in [5, 5.41) is 23.3. The zero-order chi connectivity index (χ0) is 32.0. The number of benzene rings is 2. The molecule has 0 aliphatic carbocycles. The summed E-state index contributed by atoms with van der Waals surface area (Å²) in [6, 6.07) is 9.57. The number of nitrogens with one attached hydrogen (secondary N) is 2. The number of halogens is 2. The number of rotatable bonds is 8. The van der Waals surface area contributed by atoms with Gasteiger partial charge in [-0.15, -0.1) is 0 Å². The van der Waals surface area contributed by atoms with Crippen LogP contribution in [0.1, 0.15) is 65.3 Å². The van der Waals surface area contributed by atoms with Crippen molar-refractivity contribution >= 4 is 18.2 Å². The van der Waals surface area contributed by atoms with Crippen molar-refractivity contribution in [2.45, 2.75) is 46.6 Å². The van der Waals surface area contributed by atoms with Crippen molar-refractivity contribution in [3.8, 4) is 17.2 Å². The van der Waals surface area contributed by atoms with Gasteiger partial charge >= 0.3 is 5.97 Å². The minimum absolute atomic E-state index is 0.103. The lowest BCUT2D eigenvalue weighted by molar-refractivity contribution is -0.137. The van der Waals surface area contributed by atoms with Gasteiger partial charge in [0.25, 0.3) is 5.56 Å². The highest BCUT2D eigenvalue weighted by Gasteiger charge is 2.25. The van der Waals surface area contributed by atoms with Gasteiger partial charge in [0.1, 0.15) is 0 Å². The van der Waals surface area contributed by atoms with Gasteiger partial charge in [-0.1, -0.05) is 20.3 Å². The molecule has 0 saturated carbocycles. The number of hydrogen-bond donors (Lipinski definition) is 3. The average molecular weight is 583 g/mol. The maximum Gasteiger partial charge on any atom is 0.305 e. The number of nitrogens with zero attached hydrogens (tertiary/aromatic N) is 2. The number of aromatic nitrogens is 1. The molecule has 1 amide bonds. The molecule has 0 bridgehead atoms. The van der Waals surface area contributed by atoms with E-state index in [2.05, 4.69) is 24.5 Å². The fraction of sp³-hybridized carbons (Fsp3) is 0.323. The third-order valence-corrected chi connectivity index (χ3v) is 5.71. The largest absolute Gasteiger partial charge is 0.481 e. The molecule has 42 heavy (non-hydrogen) atoms. The molecule has 0 spiro atoms. The number of amides is 1. The predicted octanol–water partition coefficient (Wildman–Crippen LogP) is 4.59. The van der Waals surface area contributed by atoms with E-state index >= 15 is 0 Å². The van der Waals surface area contributed by atoms with Crippen LogP contribution in [0.25, 0.3) is 11.1 Å². The molecular weight excluding hydrogens is 546 g/mol. The van der Waals surface area contributed by atoms with Gasteiger partial charge in [0.05, 0.1) is 36.2 Å². The lowest BCUT2D eigenvalue weighted by atomic mass is 9.91. The normalized spacial score (nSPS) is 10.6. The molecule has 224 valence electrons. The number of carbonyl (C=O) groups is 3. The zero-order valence-corrected chi connectivity index (χ0v) is 24.5. The molecule has 11 heteroatoms. The standard InChI is InChI=1S/C21H21F2N3O3.C7H7NO2.C3H8/c1-11-4-13(9-24)5-12(2)20(11)14-6-15(21(23)16(22)7-14)17(8-19(28)29)26-18(27)10-25-3;1-8-4-2-3-6(5-9)7(8)10;1-3-2/h4-7,17,25H,8,10H2,1-3H3,(H,26,27)(H,28,29);2-5H,1H3;3H2,1-2H3. The summed E-state index contributed by atoms with van der Waals surface area (Å²) in [5.41, 5.74) is 2.45. The van der Waals surface area contributed by atoms with E-state index in [0.717, 1.165) is 6.07 Å². The Kier molecular flexibility index (Phi) is 14.5. The molecule has 1 aromatic heterocycles. The third-order valence-electron chi connectivity index (χ3n) is 5.71. The summed E-state index contributed by atoms with van der Waals surface area (Å²) in [4.78, 5) is 44.3. The van der Waals surface area contributed by atoms with Crippen molar-refractivity contribution in [1.82, 2.24) is 15.2 Å². The zero-order valence-electron chi connectivity index (χ0n) is 24.5. The smallest absolute Gasteiger partial charge is 0.305 e. The van der Waals surface area contributed by atoms with E-state index < -0.39 is 36.0 Å². The van der Waals surface area contributed by atoms with Gasteiger partial charge in [0.2, 0.25) is 5.91 Å². The van der Waals surface area contributed by atoms with E-state index in [0.29, 0.717) is 34.1 Å². The SMILES string of the molecule is CCC.CNCC(=O)NC(CC(=O)O)c1cc(-c2c(C)cc(C#N)cc2C)cc(F)c1F.Cn1cccc(C=O)c1=O. The third kappa shape index (κ3) is 10.1. The van der Waals surface area contributed by atoms with E-state index in [4.69, 9.17) is 10.4 Å². The number of aliphatic carboxylic acids is 1. The summed E-state index contributed by atoms with van der Waals surface area (Å²) < 4.78 is 30.4. The van der Waals surface area contributed by atoms with Crippen LogP contribution < -0.4 is 16.2 Å². The summed E-state index contributed by atoms with van der Waals surface area (Å²) in [6.07, 6.45) is 2.80. The van der Waals surface area contributed by atoms with Crippen LogP contribution in [0, 0.1) is 36.8 Å². The van der Waals surface area contributed by atoms with E-state index in [1.54, 1.807) is 45.3 Å². The van der Waals surface area contributed by atoms with Crippen LogP contribution in [0.3, 0.4) is 0 Å². The van der Waals surface area contributed by atoms with Crippen LogP contribution >= 0.6 is 0 Å². The van der Waals surface area contributed by atoms with E-state index in [9.17, 15) is 28.0 Å². The van der Waals surface area contributed by atoms with Crippen LogP contribution in [0.2, 0.25) is 0 Å². The Morgan fingerprint density at radius 3 is 2.21 bits per heavy atom. The number of carbonyl (C=O) groups excluding carboxylic acids is 2. The van der Waals surface area contributed by atoms with E-state index in [1.165, 1.54) is 30.2 Å². The van der Waals surface area contributed by atoms with E-state index in [-0.39, 0.29) is 23.2 Å². The number of aldehydes is 1. The molecule has 1 unspecified atom stereocenters. The molecule has 3 N–H and O–H groups in total. The van der Waals surface area contributed by atoms with Crippen LogP contribution in [-0.2, 0) is 16.6 Å². The van der Waals surface area contributed by atoms with Gasteiger partial charge in [-0.05, 0) is 79.5 Å². The summed E-state index contributed by atoms with van der Waals surface area (Å²) in [5.74, 6) is -4.18. The molecule has 0 fully saturated rings. The molecule has 0 aliphatic rings. The van der Waals surface area contributed by atoms with Gasteiger partial charge in [-0.2, -0.15) is 5.26 Å². The summed E-state index contributed by atoms with van der Waals surface area (Å²) in [6.45, 7) is 7.63. The number of carboxylic acid groups (broad SMARTS) is 1. The van der Waals surface area contributed by atoms with Crippen LogP contribution in [0.4, 0.5) is 8.78 Å². The fourth-order valence-electron chi connectivity index (χ4n) is 4.02. The summed E-state index contributed by atoms with van der Waals surface area (Å²) in [7, 11) is 3.14. The highest BCUT2D eigenvalue weighted by molar-refractivity contribution is 5.80. The first-order chi connectivity index (χ1) is 19.8. The minimum atomic E-state index is -1.27. The molecule has 1 atom stereocenters. The van der Waals surface area contributed by atoms with E-state index in [1.807, 2.05) is 6.07 Å². The molecular formula is C31H36F2N4O5. The topological polar surface area (TPSA) is 141 Å². The highest BCUT2D eigenvalue weighted by atomic mass is 19.2. The molecule has 0 radical (unpaired) electrons. The maximum absolute atomic E-state index is 14.6. The van der Waals surface area contributed by atoms with Gasteiger partial charge in [0, 0.05) is 18.8 Å². The van der Waals surface area contributed by atoms with Crippen molar-refractivity contribution in [1.29, 1.82) is 5.26 Å². The Morgan fingerprint density at radius 1 is 1.14 bits per heavy atom. The predicted molar refractivity (Wildman–Crippen MR) is 156 cm³/mol. The van der Waals surface area contributed by atoms with Gasteiger partial charge < -0.3 is 20.3 Å². The molecule has 3 aromatic rings. The Morgan fingerprint density at radius 2 is 1.74 bits per heavy atom. The summed E-state index contributed by atoms with van der Waals surface area (Å²) >= 11 is 0. The number of pyridine rings is 1. The number of likely N-dealkylation sites (N-methyl/N-ethyl adjacent to an activating group) is 1. The average Bonchev–Trinajstić information content (AvgIpc) is 2.92. The number of aryl methyl sites for hydroxylation is 3. The minimum Gasteiger partial charge on any atom is -0.481 e. The van der Waals surface area contributed by atoms with Crippen LogP contribution in [0.15, 0.2) is 47.4 Å². The molecule has 3 rings (SSSR count). The number of carboxylic acids is 1. The quantitative estimate of drug-likeness (QED) is 0.330. The molecule has 9 nitrogen and oxygen atoms in total. The van der Waals surface area contributed by atoms with Crippen molar-refractivity contribution in [3.05, 3.63) is 92.4 Å². The van der Waals surface area contributed by atoms with Crippen molar-refractivity contribution in [2.24, 2.45) is 7.05 Å². The van der Waals surface area contributed by atoms with Gasteiger partial charge in [-0.3, -0.25) is 19.2 Å². The molecule has 2 aromatic carbocycles. The van der Waals surface area contributed by atoms with Gasteiger partial charge in [-0.25, -0.2) is 8.78 Å². The van der Waals surface area contributed by atoms with Gasteiger partial charge in [0.15, 0.2) is 17.9 Å². The fourth-order valence-corrected chi connectivity index (χ4v) is 4.02. The first-order valence-electron chi connectivity index (χ1n) is 13.1. The molecule has 1 heterocycles. The Hall–Kier alpha value is -4.69. The van der Waals surface area contributed by atoms with Crippen molar-refractivity contribution < 1.29 is 28.3 Å². The Bertz CT molecular complexity index is 1490. The molecule has 0 aliphatic heterocycles. The number of hydrogen-bond acceptors (Lipinski definition) is 6. The monoisotopic (exact) mass is 582 g/mol. The van der Waals surface area contributed by atoms with Crippen LogP contribution in [0.5, 0.6) is 0 Å². The van der Waals surface area contributed by atoms with Crippen molar-refractivity contribution in [2.75, 3.05) is 13.6 Å².